The van der Waals surface area contributed by atoms with E-state index in [0.29, 0.717) is 12.1 Å². The van der Waals surface area contributed by atoms with E-state index in [1.165, 1.54) is 51.4 Å². The van der Waals surface area contributed by atoms with Gasteiger partial charge in [-0.05, 0) is 58.3 Å². The van der Waals surface area contributed by atoms with Crippen LogP contribution in [0.3, 0.4) is 0 Å². The van der Waals surface area contributed by atoms with Gasteiger partial charge in [0, 0.05) is 31.2 Å². The third-order valence-corrected chi connectivity index (χ3v) is 5.60. The van der Waals surface area contributed by atoms with Gasteiger partial charge in [0.1, 0.15) is 17.5 Å². The Balaban J connectivity index is 1.89. The first-order valence-electron chi connectivity index (χ1n) is 9.62. The van der Waals surface area contributed by atoms with E-state index in [9.17, 15) is 0 Å². The van der Waals surface area contributed by atoms with Crippen molar-refractivity contribution < 1.29 is 0 Å². The molecule has 1 aromatic heterocycles. The second-order valence-corrected chi connectivity index (χ2v) is 7.13. The average molecular weight is 316 g/mol. The minimum atomic E-state index is 0.647. The van der Waals surface area contributed by atoms with E-state index in [4.69, 9.17) is 9.97 Å². The fourth-order valence-corrected chi connectivity index (χ4v) is 4.28. The topological polar surface area (TPSA) is 32.3 Å². The molecule has 2 atom stereocenters. The second kappa shape index (κ2) is 7.50. The lowest BCUT2D eigenvalue weighted by Crippen LogP contribution is -2.41. The van der Waals surface area contributed by atoms with E-state index in [1.807, 2.05) is 6.92 Å². The number of rotatable bonds is 4. The van der Waals surface area contributed by atoms with Gasteiger partial charge in [-0.2, -0.15) is 0 Å². The number of anilines is 2. The molecule has 2 saturated heterocycles. The van der Waals surface area contributed by atoms with E-state index in [0.717, 1.165) is 30.5 Å². The summed E-state index contributed by atoms with van der Waals surface area (Å²) in [6.45, 7) is 8.94. The van der Waals surface area contributed by atoms with Gasteiger partial charge < -0.3 is 9.80 Å². The number of aromatic nitrogens is 2. The summed E-state index contributed by atoms with van der Waals surface area (Å²) in [7, 11) is 0. The Morgan fingerprint density at radius 2 is 1.35 bits per heavy atom. The zero-order valence-electron chi connectivity index (χ0n) is 15.1. The van der Waals surface area contributed by atoms with E-state index in [1.54, 1.807) is 0 Å². The van der Waals surface area contributed by atoms with Crippen LogP contribution in [0, 0.1) is 6.92 Å². The van der Waals surface area contributed by atoms with Crippen molar-refractivity contribution in [2.24, 2.45) is 0 Å². The number of nitrogens with zero attached hydrogens (tertiary/aromatic N) is 4. The molecule has 0 radical (unpaired) electrons. The monoisotopic (exact) mass is 316 g/mol. The van der Waals surface area contributed by atoms with Crippen LogP contribution in [0.25, 0.3) is 0 Å². The molecule has 4 heteroatoms. The lowest BCUT2D eigenvalue weighted by atomic mass is 9.99. The van der Waals surface area contributed by atoms with Crippen molar-refractivity contribution in [2.45, 2.75) is 84.2 Å². The fourth-order valence-electron chi connectivity index (χ4n) is 4.28. The first kappa shape index (κ1) is 16.5. The van der Waals surface area contributed by atoms with Crippen molar-refractivity contribution in [3.63, 3.8) is 0 Å². The standard InChI is InChI=1S/C19H32N4/c1-4-16-10-6-8-12-22(16)18-14-19(21-15(3)20-18)23-13-9-7-11-17(23)5-2/h14,16-17H,4-13H2,1-3H3. The molecule has 3 heterocycles. The maximum atomic E-state index is 4.79. The third-order valence-electron chi connectivity index (χ3n) is 5.60. The Kier molecular flexibility index (Phi) is 5.39. The Bertz CT molecular complexity index is 474. The van der Waals surface area contributed by atoms with Crippen molar-refractivity contribution in [1.29, 1.82) is 0 Å². The highest BCUT2D eigenvalue weighted by molar-refractivity contribution is 5.52. The molecule has 0 saturated carbocycles. The van der Waals surface area contributed by atoms with Gasteiger partial charge in [0.2, 0.25) is 0 Å². The van der Waals surface area contributed by atoms with Crippen LogP contribution >= 0.6 is 0 Å². The summed E-state index contributed by atoms with van der Waals surface area (Å²) in [5.41, 5.74) is 0. The lowest BCUT2D eigenvalue weighted by molar-refractivity contribution is 0.441. The Labute approximate surface area is 141 Å². The Morgan fingerprint density at radius 1 is 0.870 bits per heavy atom. The summed E-state index contributed by atoms with van der Waals surface area (Å²) in [4.78, 5) is 14.6. The van der Waals surface area contributed by atoms with Crippen LogP contribution in [-0.2, 0) is 0 Å². The summed E-state index contributed by atoms with van der Waals surface area (Å²) < 4.78 is 0. The molecule has 23 heavy (non-hydrogen) atoms. The molecule has 0 bridgehead atoms. The van der Waals surface area contributed by atoms with Gasteiger partial charge in [0.25, 0.3) is 0 Å². The molecule has 2 aliphatic rings. The lowest BCUT2D eigenvalue weighted by Gasteiger charge is -2.39. The molecule has 0 aromatic carbocycles. The molecule has 4 nitrogen and oxygen atoms in total. The maximum Gasteiger partial charge on any atom is 0.134 e. The Morgan fingerprint density at radius 3 is 1.78 bits per heavy atom. The summed E-state index contributed by atoms with van der Waals surface area (Å²) in [6.07, 6.45) is 10.3. The first-order chi connectivity index (χ1) is 11.2. The maximum absolute atomic E-state index is 4.79. The smallest absolute Gasteiger partial charge is 0.134 e. The average Bonchev–Trinajstić information content (AvgIpc) is 2.61. The van der Waals surface area contributed by atoms with Crippen LogP contribution in [0.15, 0.2) is 6.07 Å². The van der Waals surface area contributed by atoms with E-state index >= 15 is 0 Å². The summed E-state index contributed by atoms with van der Waals surface area (Å²) in [5, 5.41) is 0. The van der Waals surface area contributed by atoms with Crippen LogP contribution in [0.5, 0.6) is 0 Å². The molecule has 1 aromatic rings. The van der Waals surface area contributed by atoms with Crippen molar-refractivity contribution in [1.82, 2.24) is 9.97 Å². The molecular formula is C19H32N4. The number of hydrogen-bond donors (Lipinski definition) is 0. The van der Waals surface area contributed by atoms with E-state index in [2.05, 4.69) is 29.7 Å². The van der Waals surface area contributed by atoms with Gasteiger partial charge in [-0.15, -0.1) is 0 Å². The minimum absolute atomic E-state index is 0.647. The van der Waals surface area contributed by atoms with Crippen LogP contribution in [0.2, 0.25) is 0 Å². The van der Waals surface area contributed by atoms with Gasteiger partial charge in [0.15, 0.2) is 0 Å². The molecule has 0 aliphatic carbocycles. The van der Waals surface area contributed by atoms with Crippen LogP contribution in [0.1, 0.15) is 71.0 Å². The van der Waals surface area contributed by atoms with Gasteiger partial charge in [0.05, 0.1) is 0 Å². The quantitative estimate of drug-likeness (QED) is 0.828. The van der Waals surface area contributed by atoms with E-state index in [-0.39, 0.29) is 0 Å². The molecule has 0 N–H and O–H groups in total. The van der Waals surface area contributed by atoms with Gasteiger partial charge in [-0.25, -0.2) is 9.97 Å². The largest absolute Gasteiger partial charge is 0.353 e. The normalized spacial score (nSPS) is 25.7. The summed E-state index contributed by atoms with van der Waals surface area (Å²) in [6, 6.07) is 3.55. The highest BCUT2D eigenvalue weighted by atomic mass is 15.3. The predicted octanol–water partition coefficient (Wildman–Crippen LogP) is 4.32. The van der Waals surface area contributed by atoms with Gasteiger partial charge >= 0.3 is 0 Å². The SMILES string of the molecule is CCC1CCCCN1c1cc(N2CCCCC2CC)nc(C)n1. The van der Waals surface area contributed by atoms with Crippen molar-refractivity contribution in [2.75, 3.05) is 22.9 Å². The number of hydrogen-bond acceptors (Lipinski definition) is 4. The molecule has 2 aliphatic heterocycles. The summed E-state index contributed by atoms with van der Waals surface area (Å²) in [5.74, 6) is 3.22. The number of aryl methyl sites for hydroxylation is 1. The molecule has 0 amide bonds. The van der Waals surface area contributed by atoms with Crippen molar-refractivity contribution in [3.8, 4) is 0 Å². The fraction of sp³-hybridized carbons (Fsp3) is 0.789. The molecule has 2 fully saturated rings. The van der Waals surface area contributed by atoms with Gasteiger partial charge in [-0.1, -0.05) is 13.8 Å². The highest BCUT2D eigenvalue weighted by Crippen LogP contribution is 2.30. The highest BCUT2D eigenvalue weighted by Gasteiger charge is 2.26. The van der Waals surface area contributed by atoms with Crippen LogP contribution < -0.4 is 9.80 Å². The molecule has 128 valence electrons. The Hall–Kier alpha value is -1.32. The minimum Gasteiger partial charge on any atom is -0.353 e. The van der Waals surface area contributed by atoms with Crippen LogP contribution in [0.4, 0.5) is 11.6 Å². The molecular weight excluding hydrogens is 284 g/mol. The number of piperidine rings is 2. The van der Waals surface area contributed by atoms with E-state index < -0.39 is 0 Å². The van der Waals surface area contributed by atoms with Gasteiger partial charge in [-0.3, -0.25) is 0 Å². The predicted molar refractivity (Wildman–Crippen MR) is 97.3 cm³/mol. The molecule has 3 rings (SSSR count). The zero-order valence-corrected chi connectivity index (χ0v) is 15.1. The zero-order chi connectivity index (χ0) is 16.2. The van der Waals surface area contributed by atoms with Crippen molar-refractivity contribution in [3.05, 3.63) is 11.9 Å². The van der Waals surface area contributed by atoms with Crippen molar-refractivity contribution >= 4 is 11.6 Å². The van der Waals surface area contributed by atoms with Crippen LogP contribution in [-0.4, -0.2) is 35.1 Å². The summed E-state index contributed by atoms with van der Waals surface area (Å²) >= 11 is 0. The first-order valence-corrected chi connectivity index (χ1v) is 9.62. The molecule has 2 unspecified atom stereocenters. The molecule has 0 spiro atoms. The third kappa shape index (κ3) is 3.61. The second-order valence-electron chi connectivity index (χ2n) is 7.13.